The molecule has 9 nitrogen and oxygen atoms in total. The highest BCUT2D eigenvalue weighted by Gasteiger charge is 2.46. The highest BCUT2D eigenvalue weighted by atomic mass is 16.7. The third-order valence-corrected chi connectivity index (χ3v) is 3.55. The van der Waals surface area contributed by atoms with Crippen LogP contribution in [0, 0.1) is 0 Å². The second kappa shape index (κ2) is 6.99. The van der Waals surface area contributed by atoms with Crippen LogP contribution in [0.4, 0.5) is 0 Å². The number of hydrogen-bond donors (Lipinski definition) is 6. The molecule has 0 aromatic carbocycles. The van der Waals surface area contributed by atoms with Crippen molar-refractivity contribution in [3.63, 3.8) is 0 Å². The zero-order valence-electron chi connectivity index (χ0n) is 11.1. The normalized spacial score (nSPS) is 47.1. The lowest BCUT2D eigenvalue weighted by Gasteiger charge is -2.42. The molecule has 21 heavy (non-hydrogen) atoms. The summed E-state index contributed by atoms with van der Waals surface area (Å²) in [6.45, 7) is -1.03. The summed E-state index contributed by atoms with van der Waals surface area (Å²) in [6.07, 6.45) is -7.68. The van der Waals surface area contributed by atoms with Crippen molar-refractivity contribution in [2.75, 3.05) is 13.2 Å². The molecule has 1 saturated heterocycles. The van der Waals surface area contributed by atoms with E-state index in [4.69, 9.17) is 19.3 Å². The molecule has 2 rings (SSSR count). The van der Waals surface area contributed by atoms with Crippen LogP contribution >= 0.6 is 0 Å². The minimum Gasteiger partial charge on any atom is -0.493 e. The summed E-state index contributed by atoms with van der Waals surface area (Å²) < 4.78 is 15.6. The second-order valence-corrected chi connectivity index (χ2v) is 4.97. The molecule has 1 fully saturated rings. The summed E-state index contributed by atoms with van der Waals surface area (Å²) in [7, 11) is 0. The van der Waals surface area contributed by atoms with Gasteiger partial charge in [-0.25, -0.2) is 0 Å². The summed E-state index contributed by atoms with van der Waals surface area (Å²) in [6, 6.07) is 0. The quantitative estimate of drug-likeness (QED) is 0.310. The van der Waals surface area contributed by atoms with Crippen LogP contribution in [0.1, 0.15) is 0 Å². The van der Waals surface area contributed by atoms with Gasteiger partial charge in [-0.3, -0.25) is 0 Å². The van der Waals surface area contributed by atoms with Gasteiger partial charge < -0.3 is 44.8 Å². The van der Waals surface area contributed by atoms with Crippen molar-refractivity contribution >= 4 is 0 Å². The SMILES string of the molecule is OC[C@H]1O[C@@H](O[C@@H]2[C@H](O)C=CO[C@@H]2CO)[C@H](O)[C@@H](O)[C@H]1O. The van der Waals surface area contributed by atoms with Crippen LogP contribution in [-0.4, -0.2) is 92.9 Å². The first-order valence-corrected chi connectivity index (χ1v) is 6.56. The molecule has 0 aromatic rings. The van der Waals surface area contributed by atoms with Crippen molar-refractivity contribution in [3.8, 4) is 0 Å². The summed E-state index contributed by atoms with van der Waals surface area (Å²) >= 11 is 0. The van der Waals surface area contributed by atoms with Crippen LogP contribution in [0.2, 0.25) is 0 Å². The molecule has 0 saturated carbocycles. The molecule has 6 N–H and O–H groups in total. The predicted molar refractivity (Wildman–Crippen MR) is 65.7 cm³/mol. The number of ether oxygens (including phenoxy) is 3. The van der Waals surface area contributed by atoms with Gasteiger partial charge in [-0.1, -0.05) is 0 Å². The standard InChI is InChI=1S/C12H20O9/c13-3-6-8(16)9(17)10(18)12(20-6)21-11-5(15)1-2-19-7(11)4-14/h1-2,5-18H,3-4H2/t5-,6-,7-,8+,9+,10-,11-,12+/m1/s1. The Morgan fingerprint density at radius 1 is 0.905 bits per heavy atom. The molecule has 2 heterocycles. The Morgan fingerprint density at radius 2 is 1.57 bits per heavy atom. The molecule has 0 aromatic heterocycles. The summed E-state index contributed by atoms with van der Waals surface area (Å²) in [5.74, 6) is 0. The van der Waals surface area contributed by atoms with Crippen LogP contribution in [0.15, 0.2) is 12.3 Å². The topological polar surface area (TPSA) is 149 Å². The number of hydrogen-bond acceptors (Lipinski definition) is 9. The largest absolute Gasteiger partial charge is 0.493 e. The monoisotopic (exact) mass is 308 g/mol. The van der Waals surface area contributed by atoms with E-state index in [1.807, 2.05) is 0 Å². The zero-order chi connectivity index (χ0) is 15.6. The summed E-state index contributed by atoms with van der Waals surface area (Å²) in [4.78, 5) is 0. The van der Waals surface area contributed by atoms with Crippen LogP contribution in [-0.2, 0) is 14.2 Å². The van der Waals surface area contributed by atoms with Crippen molar-refractivity contribution in [2.24, 2.45) is 0 Å². The van der Waals surface area contributed by atoms with Crippen molar-refractivity contribution in [2.45, 2.75) is 49.0 Å². The highest BCUT2D eigenvalue weighted by Crippen LogP contribution is 2.26. The smallest absolute Gasteiger partial charge is 0.187 e. The maximum absolute atomic E-state index is 9.85. The van der Waals surface area contributed by atoms with Gasteiger partial charge in [0.2, 0.25) is 0 Å². The van der Waals surface area contributed by atoms with Crippen molar-refractivity contribution in [1.29, 1.82) is 0 Å². The molecular weight excluding hydrogens is 288 g/mol. The van der Waals surface area contributed by atoms with E-state index in [9.17, 15) is 25.5 Å². The van der Waals surface area contributed by atoms with E-state index < -0.39 is 62.2 Å². The van der Waals surface area contributed by atoms with Gasteiger partial charge in [0.25, 0.3) is 0 Å². The molecule has 9 heteroatoms. The fraction of sp³-hybridized carbons (Fsp3) is 0.833. The first kappa shape index (κ1) is 16.6. The van der Waals surface area contributed by atoms with Gasteiger partial charge in [0.15, 0.2) is 6.29 Å². The van der Waals surface area contributed by atoms with Gasteiger partial charge in [0.1, 0.15) is 42.7 Å². The third-order valence-electron chi connectivity index (χ3n) is 3.55. The minimum atomic E-state index is -1.58. The molecule has 0 bridgehead atoms. The molecular formula is C12H20O9. The lowest BCUT2D eigenvalue weighted by molar-refractivity contribution is -0.324. The van der Waals surface area contributed by atoms with Gasteiger partial charge in [0.05, 0.1) is 19.5 Å². The summed E-state index contributed by atoms with van der Waals surface area (Å²) in [5.41, 5.74) is 0. The Morgan fingerprint density at radius 3 is 2.19 bits per heavy atom. The van der Waals surface area contributed by atoms with Crippen molar-refractivity contribution in [1.82, 2.24) is 0 Å². The first-order valence-electron chi connectivity index (χ1n) is 6.56. The van der Waals surface area contributed by atoms with E-state index >= 15 is 0 Å². The highest BCUT2D eigenvalue weighted by molar-refractivity contribution is 4.99. The predicted octanol–water partition coefficient (Wildman–Crippen LogP) is -3.56. The van der Waals surface area contributed by atoms with E-state index in [1.165, 1.54) is 12.3 Å². The van der Waals surface area contributed by atoms with E-state index in [2.05, 4.69) is 0 Å². The van der Waals surface area contributed by atoms with Crippen molar-refractivity contribution in [3.05, 3.63) is 12.3 Å². The van der Waals surface area contributed by atoms with Gasteiger partial charge >= 0.3 is 0 Å². The second-order valence-electron chi connectivity index (χ2n) is 4.97. The van der Waals surface area contributed by atoms with Gasteiger partial charge in [-0.2, -0.15) is 0 Å². The Bertz CT molecular complexity index is 361. The van der Waals surface area contributed by atoms with Gasteiger partial charge in [-0.05, 0) is 6.08 Å². The summed E-state index contributed by atoms with van der Waals surface area (Å²) in [5, 5.41) is 57.3. The number of aliphatic hydroxyl groups is 6. The molecule has 0 amide bonds. The molecule has 2 aliphatic rings. The molecule has 0 aliphatic carbocycles. The number of rotatable bonds is 4. The first-order chi connectivity index (χ1) is 9.99. The fourth-order valence-corrected chi connectivity index (χ4v) is 2.28. The molecule has 0 radical (unpaired) electrons. The Labute approximate surface area is 120 Å². The van der Waals surface area contributed by atoms with Crippen LogP contribution in [0.25, 0.3) is 0 Å². The molecule has 122 valence electrons. The van der Waals surface area contributed by atoms with E-state index in [-0.39, 0.29) is 0 Å². The van der Waals surface area contributed by atoms with Crippen molar-refractivity contribution < 1.29 is 44.8 Å². The van der Waals surface area contributed by atoms with Gasteiger partial charge in [-0.15, -0.1) is 0 Å². The van der Waals surface area contributed by atoms with Crippen LogP contribution in [0.3, 0.4) is 0 Å². The maximum Gasteiger partial charge on any atom is 0.187 e. The molecule has 8 atom stereocenters. The Balaban J connectivity index is 2.08. The molecule has 2 aliphatic heterocycles. The van der Waals surface area contributed by atoms with Crippen LogP contribution < -0.4 is 0 Å². The molecule has 0 unspecified atom stereocenters. The van der Waals surface area contributed by atoms with Gasteiger partial charge in [0, 0.05) is 0 Å². The zero-order valence-corrected chi connectivity index (χ0v) is 11.1. The molecule has 0 spiro atoms. The van der Waals surface area contributed by atoms with E-state index in [0.717, 1.165) is 0 Å². The van der Waals surface area contributed by atoms with Crippen LogP contribution in [0.5, 0.6) is 0 Å². The average molecular weight is 308 g/mol. The van der Waals surface area contributed by atoms with E-state index in [1.54, 1.807) is 0 Å². The minimum absolute atomic E-state index is 0.441. The number of aliphatic hydroxyl groups excluding tert-OH is 6. The van der Waals surface area contributed by atoms with E-state index in [0.29, 0.717) is 0 Å². The lowest BCUT2D eigenvalue weighted by atomic mass is 9.99. The third kappa shape index (κ3) is 3.35. The Hall–Kier alpha value is -0.780. The average Bonchev–Trinajstić information content (AvgIpc) is 2.49. The lowest BCUT2D eigenvalue weighted by Crippen LogP contribution is -2.61. The fourth-order valence-electron chi connectivity index (χ4n) is 2.28. The Kier molecular flexibility index (Phi) is 5.52. The maximum atomic E-state index is 9.85.